The zero-order valence-corrected chi connectivity index (χ0v) is 13.1. The highest BCUT2D eigenvalue weighted by molar-refractivity contribution is 9.10. The number of aryl methyl sites for hydroxylation is 1. The molecule has 0 amide bonds. The summed E-state index contributed by atoms with van der Waals surface area (Å²) in [6.07, 6.45) is 1.21. The second-order valence-corrected chi connectivity index (χ2v) is 6.91. The summed E-state index contributed by atoms with van der Waals surface area (Å²) in [6, 6.07) is 6.61. The van der Waals surface area contributed by atoms with Crippen LogP contribution in [0.5, 0.6) is 0 Å². The van der Waals surface area contributed by atoms with Crippen LogP contribution in [0.25, 0.3) is 0 Å². The first-order valence-corrected chi connectivity index (χ1v) is 7.44. The van der Waals surface area contributed by atoms with Crippen molar-refractivity contribution >= 4 is 21.6 Å². The Morgan fingerprint density at radius 1 is 1.44 bits per heavy atom. The number of nitrogens with zero attached hydrogens (tertiary/aromatic N) is 1. The Hall–Kier alpha value is -0.540. The lowest BCUT2D eigenvalue weighted by atomic mass is 9.73. The van der Waals surface area contributed by atoms with Crippen molar-refractivity contribution in [3.63, 3.8) is 0 Å². The zero-order chi connectivity index (χ0) is 13.3. The third-order valence-electron chi connectivity index (χ3n) is 4.38. The average Bonchev–Trinajstić information content (AvgIpc) is 2.32. The molecule has 1 heterocycles. The van der Waals surface area contributed by atoms with E-state index in [1.54, 1.807) is 0 Å². The van der Waals surface area contributed by atoms with Crippen LogP contribution in [0.15, 0.2) is 22.7 Å². The van der Waals surface area contributed by atoms with Gasteiger partial charge in [0.15, 0.2) is 0 Å². The molecule has 0 radical (unpaired) electrons. The predicted molar refractivity (Wildman–Crippen MR) is 82.0 cm³/mol. The van der Waals surface area contributed by atoms with E-state index < -0.39 is 0 Å². The van der Waals surface area contributed by atoms with Gasteiger partial charge < -0.3 is 10.6 Å². The fourth-order valence-corrected chi connectivity index (χ4v) is 3.00. The molecule has 0 saturated carbocycles. The van der Waals surface area contributed by atoms with Crippen LogP contribution in [0.1, 0.15) is 25.8 Å². The Kier molecular flexibility index (Phi) is 4.02. The standard InChI is InChI=1S/C15H23BrN2/c1-11-4-5-13(8-14(11)16)18-7-6-15(2,3)12(9-17)10-18/h4-5,8,12H,6-7,9-10,17H2,1-3H3. The second-order valence-electron chi connectivity index (χ2n) is 6.05. The summed E-state index contributed by atoms with van der Waals surface area (Å²) in [7, 11) is 0. The van der Waals surface area contributed by atoms with Crippen molar-refractivity contribution in [1.29, 1.82) is 0 Å². The molecule has 1 atom stereocenters. The Morgan fingerprint density at radius 3 is 2.78 bits per heavy atom. The van der Waals surface area contributed by atoms with Crippen molar-refractivity contribution in [2.45, 2.75) is 27.2 Å². The fourth-order valence-electron chi connectivity index (χ4n) is 2.64. The van der Waals surface area contributed by atoms with Gasteiger partial charge in [0.1, 0.15) is 0 Å². The first-order chi connectivity index (χ1) is 8.44. The van der Waals surface area contributed by atoms with E-state index in [0.29, 0.717) is 11.3 Å². The number of nitrogens with two attached hydrogens (primary N) is 1. The summed E-state index contributed by atoms with van der Waals surface area (Å²) in [6.45, 7) is 9.77. The van der Waals surface area contributed by atoms with Gasteiger partial charge in [0.2, 0.25) is 0 Å². The van der Waals surface area contributed by atoms with Crippen molar-refractivity contribution in [3.8, 4) is 0 Å². The number of piperidine rings is 1. The molecule has 100 valence electrons. The van der Waals surface area contributed by atoms with Gasteiger partial charge in [-0.05, 0) is 48.9 Å². The molecule has 2 N–H and O–H groups in total. The van der Waals surface area contributed by atoms with E-state index in [1.807, 2.05) is 0 Å². The largest absolute Gasteiger partial charge is 0.371 e. The van der Waals surface area contributed by atoms with Crippen molar-refractivity contribution in [2.75, 3.05) is 24.5 Å². The predicted octanol–water partition coefficient (Wildman–Crippen LogP) is 3.57. The molecule has 1 saturated heterocycles. The summed E-state index contributed by atoms with van der Waals surface area (Å²) in [5, 5.41) is 0. The number of benzene rings is 1. The molecule has 2 rings (SSSR count). The minimum absolute atomic E-state index is 0.368. The van der Waals surface area contributed by atoms with Gasteiger partial charge in [-0.1, -0.05) is 35.8 Å². The minimum Gasteiger partial charge on any atom is -0.371 e. The number of halogens is 1. The first-order valence-electron chi connectivity index (χ1n) is 6.65. The van der Waals surface area contributed by atoms with E-state index in [2.05, 4.69) is 59.8 Å². The van der Waals surface area contributed by atoms with Crippen LogP contribution in [-0.2, 0) is 0 Å². The summed E-state index contributed by atoms with van der Waals surface area (Å²) < 4.78 is 1.19. The lowest BCUT2D eigenvalue weighted by molar-refractivity contribution is 0.177. The average molecular weight is 311 g/mol. The first kappa shape index (κ1) is 13.9. The molecule has 2 nitrogen and oxygen atoms in total. The molecular formula is C15H23BrN2. The Labute approximate surface area is 119 Å². The molecule has 1 aliphatic heterocycles. The molecule has 3 heteroatoms. The smallest absolute Gasteiger partial charge is 0.0377 e. The molecule has 0 spiro atoms. The van der Waals surface area contributed by atoms with Gasteiger partial charge in [0, 0.05) is 23.2 Å². The quantitative estimate of drug-likeness (QED) is 0.905. The van der Waals surface area contributed by atoms with Crippen molar-refractivity contribution < 1.29 is 0 Å². The molecule has 1 unspecified atom stereocenters. The Bertz CT molecular complexity index is 429. The monoisotopic (exact) mass is 310 g/mol. The molecule has 18 heavy (non-hydrogen) atoms. The van der Waals surface area contributed by atoms with E-state index in [0.717, 1.165) is 19.6 Å². The summed E-state index contributed by atoms with van der Waals surface area (Å²) in [4.78, 5) is 2.47. The minimum atomic E-state index is 0.368. The summed E-state index contributed by atoms with van der Waals surface area (Å²) in [5.41, 5.74) is 8.90. The maximum atomic E-state index is 5.94. The van der Waals surface area contributed by atoms with Gasteiger partial charge in [-0.15, -0.1) is 0 Å². The van der Waals surface area contributed by atoms with Crippen molar-refractivity contribution in [1.82, 2.24) is 0 Å². The van der Waals surface area contributed by atoms with Gasteiger partial charge in [-0.2, -0.15) is 0 Å². The van der Waals surface area contributed by atoms with Crippen LogP contribution in [0.3, 0.4) is 0 Å². The highest BCUT2D eigenvalue weighted by Gasteiger charge is 2.34. The van der Waals surface area contributed by atoms with E-state index >= 15 is 0 Å². The van der Waals surface area contributed by atoms with Crippen LogP contribution >= 0.6 is 15.9 Å². The fraction of sp³-hybridized carbons (Fsp3) is 0.600. The van der Waals surface area contributed by atoms with Crippen LogP contribution in [0.4, 0.5) is 5.69 Å². The number of hydrogen-bond donors (Lipinski definition) is 1. The molecule has 1 aromatic rings. The topological polar surface area (TPSA) is 29.3 Å². The van der Waals surface area contributed by atoms with Gasteiger partial charge >= 0.3 is 0 Å². The van der Waals surface area contributed by atoms with Crippen LogP contribution in [0.2, 0.25) is 0 Å². The molecular weight excluding hydrogens is 288 g/mol. The van der Waals surface area contributed by atoms with Crippen molar-refractivity contribution in [2.24, 2.45) is 17.1 Å². The van der Waals surface area contributed by atoms with Crippen LogP contribution in [-0.4, -0.2) is 19.6 Å². The van der Waals surface area contributed by atoms with E-state index in [-0.39, 0.29) is 0 Å². The lowest BCUT2D eigenvalue weighted by Crippen LogP contribution is -2.47. The molecule has 0 bridgehead atoms. The van der Waals surface area contributed by atoms with Gasteiger partial charge in [0.05, 0.1) is 0 Å². The van der Waals surface area contributed by atoms with Gasteiger partial charge in [-0.3, -0.25) is 0 Å². The van der Waals surface area contributed by atoms with Crippen molar-refractivity contribution in [3.05, 3.63) is 28.2 Å². The van der Waals surface area contributed by atoms with Crippen LogP contribution < -0.4 is 10.6 Å². The lowest BCUT2D eigenvalue weighted by Gasteiger charge is -2.44. The van der Waals surface area contributed by atoms with E-state index in [1.165, 1.54) is 22.1 Å². The highest BCUT2D eigenvalue weighted by atomic mass is 79.9. The summed E-state index contributed by atoms with van der Waals surface area (Å²) >= 11 is 3.62. The number of anilines is 1. The summed E-state index contributed by atoms with van der Waals surface area (Å²) in [5.74, 6) is 0.575. The Morgan fingerprint density at radius 2 is 2.17 bits per heavy atom. The number of rotatable bonds is 2. The maximum absolute atomic E-state index is 5.94. The Balaban J connectivity index is 2.18. The zero-order valence-electron chi connectivity index (χ0n) is 11.5. The highest BCUT2D eigenvalue weighted by Crippen LogP contribution is 2.37. The maximum Gasteiger partial charge on any atom is 0.0377 e. The normalized spacial score (nSPS) is 23.2. The molecule has 0 aromatic heterocycles. The van der Waals surface area contributed by atoms with Gasteiger partial charge in [0.25, 0.3) is 0 Å². The van der Waals surface area contributed by atoms with Gasteiger partial charge in [-0.25, -0.2) is 0 Å². The van der Waals surface area contributed by atoms with E-state index in [9.17, 15) is 0 Å². The van der Waals surface area contributed by atoms with E-state index in [4.69, 9.17) is 5.73 Å². The third-order valence-corrected chi connectivity index (χ3v) is 5.23. The molecule has 0 aliphatic carbocycles. The third kappa shape index (κ3) is 2.72. The SMILES string of the molecule is Cc1ccc(N2CCC(C)(C)C(CN)C2)cc1Br. The molecule has 1 fully saturated rings. The number of hydrogen-bond acceptors (Lipinski definition) is 2. The molecule has 1 aromatic carbocycles. The molecule has 1 aliphatic rings. The van der Waals surface area contributed by atoms with Crippen LogP contribution in [0, 0.1) is 18.3 Å². The second kappa shape index (κ2) is 5.22.